The molecular weight excluding hydrogens is 356 g/mol. The van der Waals surface area contributed by atoms with Gasteiger partial charge in [0, 0.05) is 24.2 Å². The van der Waals surface area contributed by atoms with Crippen LogP contribution in [0.4, 0.5) is 10.8 Å². The van der Waals surface area contributed by atoms with Crippen molar-refractivity contribution < 1.29 is 9.53 Å². The lowest BCUT2D eigenvalue weighted by molar-refractivity contribution is 0.0602. The first-order valence-electron chi connectivity index (χ1n) is 7.42. The lowest BCUT2D eigenvalue weighted by Gasteiger charge is -2.08. The summed E-state index contributed by atoms with van der Waals surface area (Å²) >= 11 is 6.75. The number of esters is 1. The van der Waals surface area contributed by atoms with Gasteiger partial charge in [0.1, 0.15) is 5.00 Å². The fourth-order valence-corrected chi connectivity index (χ4v) is 3.55. The minimum atomic E-state index is -0.415. The number of ether oxygens (including phenoxy) is 1. The Labute approximate surface area is 154 Å². The molecule has 2 heterocycles. The van der Waals surface area contributed by atoms with Crippen molar-refractivity contribution in [1.29, 1.82) is 0 Å². The predicted octanol–water partition coefficient (Wildman–Crippen LogP) is 3.74. The van der Waals surface area contributed by atoms with Crippen LogP contribution in [0.3, 0.4) is 0 Å². The molecule has 1 aromatic carbocycles. The van der Waals surface area contributed by atoms with Crippen LogP contribution in [0, 0.1) is 0 Å². The van der Waals surface area contributed by atoms with Gasteiger partial charge >= 0.3 is 5.97 Å². The molecule has 0 aliphatic rings. The largest absolute Gasteiger partial charge is 0.465 e. The number of rotatable bonds is 4. The van der Waals surface area contributed by atoms with Crippen molar-refractivity contribution in [2.75, 3.05) is 17.7 Å². The van der Waals surface area contributed by atoms with Crippen molar-refractivity contribution in [2.45, 2.75) is 0 Å². The predicted molar refractivity (Wildman–Crippen MR) is 104 cm³/mol. The third-order valence-electron chi connectivity index (χ3n) is 3.38. The van der Waals surface area contributed by atoms with Crippen LogP contribution in [0.1, 0.15) is 10.4 Å². The molecule has 3 rings (SSSR count). The van der Waals surface area contributed by atoms with Gasteiger partial charge in [-0.25, -0.2) is 4.79 Å². The molecule has 25 heavy (non-hydrogen) atoms. The zero-order valence-electron chi connectivity index (χ0n) is 13.6. The van der Waals surface area contributed by atoms with E-state index >= 15 is 0 Å². The summed E-state index contributed by atoms with van der Waals surface area (Å²) in [4.78, 5) is 13.0. The first-order chi connectivity index (χ1) is 12.1. The molecule has 2 aromatic heterocycles. The van der Waals surface area contributed by atoms with Gasteiger partial charge in [-0.2, -0.15) is 5.10 Å². The quantitative estimate of drug-likeness (QED) is 0.537. The average Bonchev–Trinajstić information content (AvgIpc) is 3.21. The monoisotopic (exact) mass is 372 g/mol. The topological polar surface area (TPSA) is 68.2 Å². The molecule has 0 bridgehead atoms. The maximum atomic E-state index is 12.1. The molecular formula is C17H16N4O2S2. The number of hydrogen-bond acceptors (Lipinski definition) is 5. The minimum Gasteiger partial charge on any atom is -0.465 e. The van der Waals surface area contributed by atoms with Gasteiger partial charge in [0.15, 0.2) is 10.9 Å². The standard InChI is InChI=1S/C17H16N4O2S2/c1-21-9-8-14(20-21)18-17(24)19-15-12(16(22)23-2)10-13(25-15)11-6-4-3-5-7-11/h3-10H,1-2H3,(H2,18,19,20,24). The van der Waals surface area contributed by atoms with Crippen LogP contribution in [0.5, 0.6) is 0 Å². The minimum absolute atomic E-state index is 0.352. The first kappa shape index (κ1) is 17.1. The van der Waals surface area contributed by atoms with Crippen LogP contribution in [0.25, 0.3) is 10.4 Å². The Morgan fingerprint density at radius 2 is 2.00 bits per heavy atom. The van der Waals surface area contributed by atoms with E-state index in [-0.39, 0.29) is 0 Å². The summed E-state index contributed by atoms with van der Waals surface area (Å²) in [6, 6.07) is 13.4. The Morgan fingerprint density at radius 3 is 2.64 bits per heavy atom. The SMILES string of the molecule is COC(=O)c1cc(-c2ccccc2)sc1NC(=S)Nc1ccn(C)n1. The van der Waals surface area contributed by atoms with E-state index in [1.54, 1.807) is 16.8 Å². The molecule has 0 fully saturated rings. The van der Waals surface area contributed by atoms with Gasteiger partial charge in [0.25, 0.3) is 0 Å². The number of carbonyl (C=O) groups excluding carboxylic acids is 1. The number of methoxy groups -OCH3 is 1. The first-order valence-corrected chi connectivity index (χ1v) is 8.64. The van der Waals surface area contributed by atoms with Crippen molar-refractivity contribution in [3.63, 3.8) is 0 Å². The van der Waals surface area contributed by atoms with Crippen molar-refractivity contribution >= 4 is 45.5 Å². The van der Waals surface area contributed by atoms with E-state index in [4.69, 9.17) is 17.0 Å². The molecule has 0 saturated heterocycles. The van der Waals surface area contributed by atoms with Crippen LogP contribution < -0.4 is 10.6 Å². The van der Waals surface area contributed by atoms with E-state index in [0.717, 1.165) is 10.4 Å². The number of carbonyl (C=O) groups is 1. The Morgan fingerprint density at radius 1 is 1.24 bits per heavy atom. The van der Waals surface area contributed by atoms with Gasteiger partial charge in [0.2, 0.25) is 0 Å². The third-order valence-corrected chi connectivity index (χ3v) is 4.68. The van der Waals surface area contributed by atoms with Crippen molar-refractivity contribution in [3.05, 3.63) is 54.2 Å². The van der Waals surface area contributed by atoms with E-state index in [9.17, 15) is 4.79 Å². The lowest BCUT2D eigenvalue weighted by Crippen LogP contribution is -2.20. The van der Waals surface area contributed by atoms with E-state index in [2.05, 4.69) is 15.7 Å². The van der Waals surface area contributed by atoms with Gasteiger partial charge in [-0.3, -0.25) is 4.68 Å². The lowest BCUT2D eigenvalue weighted by atomic mass is 10.1. The van der Waals surface area contributed by atoms with Crippen LogP contribution in [-0.2, 0) is 11.8 Å². The fraction of sp³-hybridized carbons (Fsp3) is 0.118. The Hall–Kier alpha value is -2.71. The highest BCUT2D eigenvalue weighted by Gasteiger charge is 2.18. The fourth-order valence-electron chi connectivity index (χ4n) is 2.22. The zero-order valence-corrected chi connectivity index (χ0v) is 15.3. The summed E-state index contributed by atoms with van der Waals surface area (Å²) in [5.41, 5.74) is 1.46. The second kappa shape index (κ2) is 7.45. The Balaban J connectivity index is 1.85. The van der Waals surface area contributed by atoms with Gasteiger partial charge in [0.05, 0.1) is 12.7 Å². The second-order valence-electron chi connectivity index (χ2n) is 5.16. The van der Waals surface area contributed by atoms with Crippen LogP contribution in [0.15, 0.2) is 48.7 Å². The number of aryl methyl sites for hydroxylation is 1. The molecule has 0 aliphatic heterocycles. The number of benzene rings is 1. The molecule has 2 N–H and O–H groups in total. The molecule has 128 valence electrons. The van der Waals surface area contributed by atoms with Gasteiger partial charge in [-0.15, -0.1) is 11.3 Å². The summed E-state index contributed by atoms with van der Waals surface area (Å²) in [6.45, 7) is 0. The number of thiophene rings is 1. The summed E-state index contributed by atoms with van der Waals surface area (Å²) in [6.07, 6.45) is 1.81. The normalized spacial score (nSPS) is 10.3. The highest BCUT2D eigenvalue weighted by molar-refractivity contribution is 7.80. The number of hydrogen-bond donors (Lipinski definition) is 2. The second-order valence-corrected chi connectivity index (χ2v) is 6.63. The summed E-state index contributed by atoms with van der Waals surface area (Å²) < 4.78 is 6.55. The number of nitrogens with one attached hydrogen (secondary N) is 2. The highest BCUT2D eigenvalue weighted by Crippen LogP contribution is 2.35. The molecule has 0 spiro atoms. The highest BCUT2D eigenvalue weighted by atomic mass is 32.1. The van der Waals surface area contributed by atoms with Crippen LogP contribution >= 0.6 is 23.6 Å². The van der Waals surface area contributed by atoms with Crippen LogP contribution in [0.2, 0.25) is 0 Å². The molecule has 3 aromatic rings. The average molecular weight is 372 g/mol. The molecule has 0 amide bonds. The molecule has 0 radical (unpaired) electrons. The van der Waals surface area contributed by atoms with Crippen LogP contribution in [-0.4, -0.2) is 28.0 Å². The van der Waals surface area contributed by atoms with E-state index in [0.29, 0.717) is 21.5 Å². The maximum Gasteiger partial charge on any atom is 0.340 e. The maximum absolute atomic E-state index is 12.1. The summed E-state index contributed by atoms with van der Waals surface area (Å²) in [7, 11) is 3.18. The van der Waals surface area contributed by atoms with Gasteiger partial charge in [-0.05, 0) is 23.8 Å². The molecule has 0 unspecified atom stereocenters. The van der Waals surface area contributed by atoms with E-state index < -0.39 is 5.97 Å². The van der Waals surface area contributed by atoms with Crippen molar-refractivity contribution in [3.8, 4) is 10.4 Å². The number of aromatic nitrogens is 2. The number of anilines is 2. The summed E-state index contributed by atoms with van der Waals surface area (Å²) in [5, 5.41) is 11.2. The number of nitrogens with zero attached hydrogens (tertiary/aromatic N) is 2. The molecule has 0 saturated carbocycles. The molecule has 8 heteroatoms. The van der Waals surface area contributed by atoms with Gasteiger partial charge < -0.3 is 15.4 Å². The van der Waals surface area contributed by atoms with E-state index in [1.807, 2.05) is 43.6 Å². The van der Waals surface area contributed by atoms with E-state index in [1.165, 1.54) is 18.4 Å². The Bertz CT molecular complexity index is 903. The van der Waals surface area contributed by atoms with Gasteiger partial charge in [-0.1, -0.05) is 30.3 Å². The molecule has 0 atom stereocenters. The molecule has 0 aliphatic carbocycles. The third kappa shape index (κ3) is 4.04. The van der Waals surface area contributed by atoms with Crippen molar-refractivity contribution in [1.82, 2.24) is 9.78 Å². The number of thiocarbonyl (C=S) groups is 1. The zero-order chi connectivity index (χ0) is 17.8. The Kier molecular flexibility index (Phi) is 5.11. The molecule has 6 nitrogen and oxygen atoms in total. The smallest absolute Gasteiger partial charge is 0.340 e. The van der Waals surface area contributed by atoms with Crippen molar-refractivity contribution in [2.24, 2.45) is 7.05 Å². The summed E-state index contributed by atoms with van der Waals surface area (Å²) in [5.74, 6) is 0.209.